The van der Waals surface area contributed by atoms with Gasteiger partial charge in [0.2, 0.25) is 11.8 Å². The predicted molar refractivity (Wildman–Crippen MR) is 85.5 cm³/mol. The molecule has 2 aromatic rings. The minimum Gasteiger partial charge on any atom is -0.349 e. The summed E-state index contributed by atoms with van der Waals surface area (Å²) in [5.74, 6) is 0.977. The molecule has 6 nitrogen and oxygen atoms in total. The van der Waals surface area contributed by atoms with E-state index in [0.717, 1.165) is 24.8 Å². The highest BCUT2D eigenvalue weighted by molar-refractivity contribution is 5.73. The van der Waals surface area contributed by atoms with Crippen molar-refractivity contribution in [3.8, 4) is 0 Å². The number of hydrogen-bond acceptors (Lipinski definition) is 5. The Kier molecular flexibility index (Phi) is 4.17. The first-order chi connectivity index (χ1) is 11.0. The molecule has 1 atom stereocenters. The normalized spacial score (nSPS) is 17.3. The topological polar surface area (TPSA) is 94.0 Å². The zero-order chi connectivity index (χ0) is 16.4. The molecule has 1 aromatic carbocycles. The smallest absolute Gasteiger partial charge is 0.229 e. The SMILES string of the molecule is CC(=O)NC(Cc1nc(C2(N)CCC2)no1)c1ccc(C)cc1. The third-order valence-electron chi connectivity index (χ3n) is 4.40. The van der Waals surface area contributed by atoms with E-state index in [4.69, 9.17) is 10.3 Å². The van der Waals surface area contributed by atoms with Gasteiger partial charge in [0.15, 0.2) is 5.82 Å². The first-order valence-corrected chi connectivity index (χ1v) is 7.92. The van der Waals surface area contributed by atoms with Gasteiger partial charge in [0, 0.05) is 6.92 Å². The van der Waals surface area contributed by atoms with Crippen molar-refractivity contribution in [1.82, 2.24) is 15.5 Å². The van der Waals surface area contributed by atoms with Crippen molar-refractivity contribution >= 4 is 5.91 Å². The Morgan fingerprint density at radius 2 is 2.09 bits per heavy atom. The molecule has 3 N–H and O–H groups in total. The maximum absolute atomic E-state index is 11.5. The van der Waals surface area contributed by atoms with E-state index >= 15 is 0 Å². The summed E-state index contributed by atoms with van der Waals surface area (Å²) in [7, 11) is 0. The highest BCUT2D eigenvalue weighted by Crippen LogP contribution is 2.37. The molecule has 0 aliphatic heterocycles. The fourth-order valence-corrected chi connectivity index (χ4v) is 2.79. The summed E-state index contributed by atoms with van der Waals surface area (Å²) in [5.41, 5.74) is 7.97. The van der Waals surface area contributed by atoms with E-state index in [1.54, 1.807) is 0 Å². The van der Waals surface area contributed by atoms with E-state index in [-0.39, 0.29) is 11.9 Å². The standard InChI is InChI=1S/C17H22N4O2/c1-11-4-6-13(7-5-11)14(19-12(2)22)10-15-20-16(21-23-15)17(18)8-3-9-17/h4-7,14H,3,8-10,18H2,1-2H3,(H,19,22). The average Bonchev–Trinajstić information content (AvgIpc) is 2.93. The first-order valence-electron chi connectivity index (χ1n) is 7.92. The van der Waals surface area contributed by atoms with E-state index in [1.807, 2.05) is 31.2 Å². The fraction of sp³-hybridized carbons (Fsp3) is 0.471. The molecule has 1 unspecified atom stereocenters. The zero-order valence-corrected chi connectivity index (χ0v) is 13.5. The van der Waals surface area contributed by atoms with Crippen LogP contribution in [-0.4, -0.2) is 16.0 Å². The van der Waals surface area contributed by atoms with Gasteiger partial charge in [-0.3, -0.25) is 4.79 Å². The van der Waals surface area contributed by atoms with Crippen LogP contribution in [0.2, 0.25) is 0 Å². The van der Waals surface area contributed by atoms with Crippen LogP contribution in [0.1, 0.15) is 55.1 Å². The van der Waals surface area contributed by atoms with Crippen molar-refractivity contribution in [2.75, 3.05) is 0 Å². The zero-order valence-electron chi connectivity index (χ0n) is 13.5. The molecule has 1 fully saturated rings. The van der Waals surface area contributed by atoms with Crippen LogP contribution in [0, 0.1) is 6.92 Å². The van der Waals surface area contributed by atoms with Crippen LogP contribution in [0.15, 0.2) is 28.8 Å². The molecular weight excluding hydrogens is 292 g/mol. The van der Waals surface area contributed by atoms with Crippen molar-refractivity contribution in [2.45, 2.75) is 51.1 Å². The Labute approximate surface area is 135 Å². The number of benzene rings is 1. The number of amides is 1. The van der Waals surface area contributed by atoms with Crippen molar-refractivity contribution in [2.24, 2.45) is 5.73 Å². The van der Waals surface area contributed by atoms with Crippen molar-refractivity contribution in [3.63, 3.8) is 0 Å². The van der Waals surface area contributed by atoms with Gasteiger partial charge >= 0.3 is 0 Å². The Bertz CT molecular complexity index is 689. The second-order valence-corrected chi connectivity index (χ2v) is 6.39. The van der Waals surface area contributed by atoms with Crippen LogP contribution < -0.4 is 11.1 Å². The summed E-state index contributed by atoms with van der Waals surface area (Å²) in [6.45, 7) is 3.53. The molecule has 1 heterocycles. The molecule has 0 radical (unpaired) electrons. The summed E-state index contributed by atoms with van der Waals surface area (Å²) in [4.78, 5) is 15.9. The van der Waals surface area contributed by atoms with Crippen LogP contribution in [0.3, 0.4) is 0 Å². The monoisotopic (exact) mass is 314 g/mol. The van der Waals surface area contributed by atoms with Gasteiger partial charge in [0.1, 0.15) is 0 Å². The van der Waals surface area contributed by atoms with Gasteiger partial charge in [-0.05, 0) is 31.7 Å². The van der Waals surface area contributed by atoms with Crippen LogP contribution in [0.4, 0.5) is 0 Å². The summed E-state index contributed by atoms with van der Waals surface area (Å²) in [6, 6.07) is 7.85. The van der Waals surface area contributed by atoms with E-state index < -0.39 is 5.54 Å². The largest absolute Gasteiger partial charge is 0.349 e. The second-order valence-electron chi connectivity index (χ2n) is 6.39. The molecule has 1 amide bonds. The first kappa shape index (κ1) is 15.7. The number of aromatic nitrogens is 2. The van der Waals surface area contributed by atoms with E-state index in [1.165, 1.54) is 12.5 Å². The number of carbonyl (C=O) groups is 1. The van der Waals surface area contributed by atoms with Gasteiger partial charge in [-0.1, -0.05) is 35.0 Å². The molecule has 0 saturated heterocycles. The quantitative estimate of drug-likeness (QED) is 0.881. The maximum atomic E-state index is 11.5. The van der Waals surface area contributed by atoms with Crippen LogP contribution in [0.5, 0.6) is 0 Å². The third kappa shape index (κ3) is 3.42. The molecule has 0 spiro atoms. The molecule has 1 aromatic heterocycles. The number of hydrogen-bond donors (Lipinski definition) is 2. The van der Waals surface area contributed by atoms with Gasteiger partial charge in [-0.15, -0.1) is 0 Å². The Morgan fingerprint density at radius 1 is 1.39 bits per heavy atom. The molecule has 1 aliphatic carbocycles. The molecule has 3 rings (SSSR count). The van der Waals surface area contributed by atoms with Crippen LogP contribution >= 0.6 is 0 Å². The Balaban J connectivity index is 1.78. The summed E-state index contributed by atoms with van der Waals surface area (Å²) in [6.07, 6.45) is 3.32. The molecular formula is C17H22N4O2. The van der Waals surface area contributed by atoms with Gasteiger partial charge in [0.05, 0.1) is 18.0 Å². The second kappa shape index (κ2) is 6.12. The van der Waals surface area contributed by atoms with Crippen molar-refractivity contribution in [1.29, 1.82) is 0 Å². The number of rotatable bonds is 5. The van der Waals surface area contributed by atoms with Gasteiger partial charge in [0.25, 0.3) is 0 Å². The van der Waals surface area contributed by atoms with Gasteiger partial charge in [-0.2, -0.15) is 4.98 Å². The number of nitrogens with two attached hydrogens (primary N) is 1. The molecule has 6 heteroatoms. The van der Waals surface area contributed by atoms with Crippen molar-refractivity contribution in [3.05, 3.63) is 47.1 Å². The minimum absolute atomic E-state index is 0.0930. The summed E-state index contributed by atoms with van der Waals surface area (Å²) in [5, 5.41) is 6.97. The number of nitrogens with one attached hydrogen (secondary N) is 1. The molecule has 1 aliphatic rings. The average molecular weight is 314 g/mol. The van der Waals surface area contributed by atoms with E-state index in [2.05, 4.69) is 15.5 Å². The lowest BCUT2D eigenvalue weighted by molar-refractivity contribution is -0.119. The molecule has 0 bridgehead atoms. The molecule has 23 heavy (non-hydrogen) atoms. The minimum atomic E-state index is -0.435. The lowest BCUT2D eigenvalue weighted by Crippen LogP contribution is -2.44. The van der Waals surface area contributed by atoms with E-state index in [9.17, 15) is 4.79 Å². The highest BCUT2D eigenvalue weighted by Gasteiger charge is 2.39. The van der Waals surface area contributed by atoms with E-state index in [0.29, 0.717) is 18.1 Å². The lowest BCUT2D eigenvalue weighted by Gasteiger charge is -2.34. The third-order valence-corrected chi connectivity index (χ3v) is 4.40. The van der Waals surface area contributed by atoms with Crippen molar-refractivity contribution < 1.29 is 9.32 Å². The summed E-state index contributed by atoms with van der Waals surface area (Å²) < 4.78 is 5.35. The predicted octanol–water partition coefficient (Wildman–Crippen LogP) is 2.14. The Morgan fingerprint density at radius 3 is 2.65 bits per heavy atom. The van der Waals surface area contributed by atoms with Gasteiger partial charge < -0.3 is 15.6 Å². The van der Waals surface area contributed by atoms with Crippen LogP contribution in [-0.2, 0) is 16.8 Å². The number of nitrogens with zero attached hydrogens (tertiary/aromatic N) is 2. The number of carbonyl (C=O) groups excluding carboxylic acids is 1. The number of aryl methyl sites for hydroxylation is 1. The molecule has 1 saturated carbocycles. The van der Waals surface area contributed by atoms with Crippen LogP contribution in [0.25, 0.3) is 0 Å². The lowest BCUT2D eigenvalue weighted by atomic mass is 9.77. The fourth-order valence-electron chi connectivity index (χ4n) is 2.79. The Hall–Kier alpha value is -2.21. The maximum Gasteiger partial charge on any atom is 0.229 e. The highest BCUT2D eigenvalue weighted by atomic mass is 16.5. The summed E-state index contributed by atoms with van der Waals surface area (Å²) >= 11 is 0. The van der Waals surface area contributed by atoms with Gasteiger partial charge in [-0.25, -0.2) is 0 Å². The molecule has 122 valence electrons.